The Morgan fingerprint density at radius 3 is 1.62 bits per heavy atom. The van der Waals surface area contributed by atoms with Crippen LogP contribution in [-0.4, -0.2) is 35.5 Å². The molecule has 186 valence electrons. The van der Waals surface area contributed by atoms with Crippen molar-refractivity contribution in [3.63, 3.8) is 0 Å². The van der Waals surface area contributed by atoms with E-state index in [4.69, 9.17) is 4.74 Å². The molecule has 0 bridgehead atoms. The van der Waals surface area contributed by atoms with Gasteiger partial charge in [-0.1, -0.05) is 103 Å². The Labute approximate surface area is 198 Å². The summed E-state index contributed by atoms with van der Waals surface area (Å²) in [6.07, 6.45) is 25.5. The van der Waals surface area contributed by atoms with E-state index in [0.717, 1.165) is 38.5 Å². The molecular formula is C28H51NO3. The average Bonchev–Trinajstić information content (AvgIpc) is 2.83. The lowest BCUT2D eigenvalue weighted by atomic mass is 9.88. The highest BCUT2D eigenvalue weighted by molar-refractivity contribution is 5.81. The number of hydrogen-bond acceptors (Lipinski definition) is 3. The van der Waals surface area contributed by atoms with Crippen molar-refractivity contribution in [1.29, 1.82) is 0 Å². The van der Waals surface area contributed by atoms with Crippen molar-refractivity contribution >= 4 is 11.9 Å². The van der Waals surface area contributed by atoms with Gasteiger partial charge in [0.1, 0.15) is 0 Å². The Hall–Kier alpha value is -1.06. The lowest BCUT2D eigenvalue weighted by molar-refractivity contribution is -0.148. The Morgan fingerprint density at radius 1 is 0.656 bits per heavy atom. The monoisotopic (exact) mass is 449 g/mol. The number of hydrogen-bond donors (Lipinski definition) is 0. The lowest BCUT2D eigenvalue weighted by Crippen LogP contribution is -2.48. The minimum absolute atomic E-state index is 0.193. The number of esters is 1. The minimum atomic E-state index is -0.193. The van der Waals surface area contributed by atoms with Crippen LogP contribution in [0.2, 0.25) is 0 Å². The molecule has 2 rings (SSSR count). The summed E-state index contributed by atoms with van der Waals surface area (Å²) >= 11 is 0. The first-order chi connectivity index (χ1) is 15.7. The summed E-state index contributed by atoms with van der Waals surface area (Å²) in [4.78, 5) is 27.5. The molecule has 0 radical (unpaired) electrons. The molecule has 0 saturated heterocycles. The second kappa shape index (κ2) is 17.4. The summed E-state index contributed by atoms with van der Waals surface area (Å²) in [6.45, 7) is 2.77. The Balaban J connectivity index is 1.56. The fourth-order valence-corrected chi connectivity index (χ4v) is 5.61. The van der Waals surface area contributed by atoms with Crippen LogP contribution in [0.3, 0.4) is 0 Å². The maximum absolute atomic E-state index is 13.1. The van der Waals surface area contributed by atoms with Crippen molar-refractivity contribution in [1.82, 2.24) is 4.90 Å². The number of amides is 1. The zero-order valence-electron chi connectivity index (χ0n) is 21.1. The molecule has 2 aliphatic rings. The van der Waals surface area contributed by atoms with Crippen molar-refractivity contribution in [2.24, 2.45) is 0 Å². The van der Waals surface area contributed by atoms with Crippen LogP contribution in [0.1, 0.15) is 148 Å². The molecule has 0 aromatic carbocycles. The van der Waals surface area contributed by atoms with Gasteiger partial charge in [-0.05, 0) is 32.1 Å². The maximum atomic E-state index is 13.1. The minimum Gasteiger partial charge on any atom is -0.466 e. The highest BCUT2D eigenvalue weighted by Crippen LogP contribution is 2.31. The molecule has 0 aromatic heterocycles. The third-order valence-corrected chi connectivity index (χ3v) is 7.53. The van der Waals surface area contributed by atoms with Gasteiger partial charge in [-0.25, -0.2) is 0 Å². The van der Waals surface area contributed by atoms with Crippen LogP contribution < -0.4 is 0 Å². The SMILES string of the molecule is CCCCCCCCCCCCOC(=O)CCC(=O)N(C1CCCCC1)C1CCCCC1. The molecule has 0 aromatic rings. The molecule has 2 fully saturated rings. The van der Waals surface area contributed by atoms with Crippen LogP contribution in [0.5, 0.6) is 0 Å². The summed E-state index contributed by atoms with van der Waals surface area (Å²) in [5, 5.41) is 0. The molecule has 1 amide bonds. The predicted molar refractivity (Wildman–Crippen MR) is 133 cm³/mol. The zero-order valence-corrected chi connectivity index (χ0v) is 21.1. The first kappa shape index (κ1) is 27.2. The number of ether oxygens (including phenoxy) is 1. The fraction of sp³-hybridized carbons (Fsp3) is 0.929. The molecule has 0 atom stereocenters. The molecule has 4 nitrogen and oxygen atoms in total. The van der Waals surface area contributed by atoms with E-state index in [1.165, 1.54) is 89.9 Å². The largest absolute Gasteiger partial charge is 0.466 e. The van der Waals surface area contributed by atoms with Crippen LogP contribution in [0, 0.1) is 0 Å². The normalized spacial score (nSPS) is 17.9. The van der Waals surface area contributed by atoms with Crippen LogP contribution in [0.4, 0.5) is 0 Å². The summed E-state index contributed by atoms with van der Waals surface area (Å²) in [5.74, 6) is 0.00111. The predicted octanol–water partition coefficient (Wildman–Crippen LogP) is 7.72. The van der Waals surface area contributed by atoms with Gasteiger partial charge in [0.05, 0.1) is 13.0 Å². The molecule has 32 heavy (non-hydrogen) atoms. The van der Waals surface area contributed by atoms with Crippen LogP contribution in [0.15, 0.2) is 0 Å². The van der Waals surface area contributed by atoms with Gasteiger partial charge in [0.15, 0.2) is 0 Å². The third-order valence-electron chi connectivity index (χ3n) is 7.53. The number of carbonyl (C=O) groups is 2. The van der Waals surface area contributed by atoms with Gasteiger partial charge in [-0.2, -0.15) is 0 Å². The molecular weight excluding hydrogens is 398 g/mol. The first-order valence-corrected chi connectivity index (χ1v) is 14.2. The Kier molecular flexibility index (Phi) is 14.8. The Bertz CT molecular complexity index is 477. The van der Waals surface area contributed by atoms with Crippen molar-refractivity contribution < 1.29 is 14.3 Å². The van der Waals surface area contributed by atoms with Crippen molar-refractivity contribution in [3.8, 4) is 0 Å². The molecule has 2 aliphatic carbocycles. The van der Waals surface area contributed by atoms with Gasteiger partial charge in [-0.15, -0.1) is 0 Å². The van der Waals surface area contributed by atoms with Gasteiger partial charge in [0.25, 0.3) is 0 Å². The Morgan fingerprint density at radius 2 is 1.12 bits per heavy atom. The number of nitrogens with zero attached hydrogens (tertiary/aromatic N) is 1. The molecule has 0 spiro atoms. The zero-order chi connectivity index (χ0) is 22.9. The van der Waals surface area contributed by atoms with Crippen molar-refractivity contribution in [2.75, 3.05) is 6.61 Å². The van der Waals surface area contributed by atoms with Gasteiger partial charge in [0.2, 0.25) is 5.91 Å². The highest BCUT2D eigenvalue weighted by Gasteiger charge is 2.32. The van der Waals surface area contributed by atoms with Crippen LogP contribution >= 0.6 is 0 Å². The third kappa shape index (κ3) is 11.2. The summed E-state index contributed by atoms with van der Waals surface area (Å²) < 4.78 is 5.43. The van der Waals surface area contributed by atoms with Crippen molar-refractivity contribution in [3.05, 3.63) is 0 Å². The average molecular weight is 450 g/mol. The molecule has 0 N–H and O–H groups in total. The molecule has 0 heterocycles. The van der Waals surface area contributed by atoms with Crippen LogP contribution in [0.25, 0.3) is 0 Å². The van der Waals surface area contributed by atoms with E-state index in [2.05, 4.69) is 11.8 Å². The summed E-state index contributed by atoms with van der Waals surface area (Å²) in [7, 11) is 0. The van der Waals surface area contributed by atoms with Gasteiger partial charge >= 0.3 is 5.97 Å². The number of carbonyl (C=O) groups excluding carboxylic acids is 2. The number of rotatable bonds is 16. The smallest absolute Gasteiger partial charge is 0.306 e. The first-order valence-electron chi connectivity index (χ1n) is 14.2. The second-order valence-corrected chi connectivity index (χ2v) is 10.3. The van der Waals surface area contributed by atoms with E-state index in [0.29, 0.717) is 25.1 Å². The molecule has 0 unspecified atom stereocenters. The standard InChI is InChI=1S/C28H51NO3/c1-2-3-4-5-6-7-8-9-10-17-24-32-28(31)23-22-27(30)29(25-18-13-11-14-19-25)26-20-15-12-16-21-26/h25-26H,2-24H2,1H3. The van der Waals surface area contributed by atoms with Gasteiger partial charge in [0, 0.05) is 18.5 Å². The second-order valence-electron chi connectivity index (χ2n) is 10.3. The van der Waals surface area contributed by atoms with E-state index < -0.39 is 0 Å². The van der Waals surface area contributed by atoms with Crippen molar-refractivity contribution in [2.45, 2.75) is 160 Å². The van der Waals surface area contributed by atoms with E-state index >= 15 is 0 Å². The molecule has 2 saturated carbocycles. The highest BCUT2D eigenvalue weighted by atomic mass is 16.5. The quantitative estimate of drug-likeness (QED) is 0.179. The molecule has 4 heteroatoms. The topological polar surface area (TPSA) is 46.6 Å². The summed E-state index contributed by atoms with van der Waals surface area (Å²) in [6, 6.07) is 0.809. The van der Waals surface area contributed by atoms with E-state index in [9.17, 15) is 9.59 Å². The lowest BCUT2D eigenvalue weighted by Gasteiger charge is -2.42. The maximum Gasteiger partial charge on any atom is 0.306 e. The van der Waals surface area contributed by atoms with E-state index in [-0.39, 0.29) is 18.3 Å². The van der Waals surface area contributed by atoms with Crippen LogP contribution in [-0.2, 0) is 14.3 Å². The van der Waals surface area contributed by atoms with Gasteiger partial charge in [-0.3, -0.25) is 9.59 Å². The molecule has 0 aliphatic heterocycles. The van der Waals surface area contributed by atoms with E-state index in [1.54, 1.807) is 0 Å². The number of unbranched alkanes of at least 4 members (excludes halogenated alkanes) is 9. The summed E-state index contributed by atoms with van der Waals surface area (Å²) in [5.41, 5.74) is 0. The van der Waals surface area contributed by atoms with Gasteiger partial charge < -0.3 is 9.64 Å². The fourth-order valence-electron chi connectivity index (χ4n) is 5.61. The van der Waals surface area contributed by atoms with E-state index in [1.807, 2.05) is 0 Å².